The van der Waals surface area contributed by atoms with Crippen LogP contribution in [0.15, 0.2) is 36.4 Å². The second-order valence-corrected chi connectivity index (χ2v) is 7.33. The number of rotatable bonds is 8. The van der Waals surface area contributed by atoms with Crippen molar-refractivity contribution in [1.29, 1.82) is 0 Å². The third-order valence-corrected chi connectivity index (χ3v) is 4.32. The molecule has 0 aliphatic heterocycles. The van der Waals surface area contributed by atoms with Crippen molar-refractivity contribution in [1.82, 2.24) is 15.1 Å². The van der Waals surface area contributed by atoms with Crippen molar-refractivity contribution >= 4 is 11.9 Å². The van der Waals surface area contributed by atoms with Crippen molar-refractivity contribution in [3.8, 4) is 0 Å². The molecule has 2 rings (SSSR count). The predicted molar refractivity (Wildman–Crippen MR) is 104 cm³/mol. The van der Waals surface area contributed by atoms with Crippen molar-refractivity contribution in [3.05, 3.63) is 53.3 Å². The van der Waals surface area contributed by atoms with E-state index in [0.717, 1.165) is 17.0 Å². The van der Waals surface area contributed by atoms with Crippen molar-refractivity contribution in [3.63, 3.8) is 0 Å². The number of nitrogens with zero attached hydrogens (tertiary/aromatic N) is 2. The van der Waals surface area contributed by atoms with Crippen LogP contribution in [-0.4, -0.2) is 27.7 Å². The minimum absolute atomic E-state index is 0.192. The summed E-state index contributed by atoms with van der Waals surface area (Å²) in [6.07, 6.45) is 0.517. The Morgan fingerprint density at radius 2 is 1.81 bits per heavy atom. The molecule has 1 unspecified atom stereocenters. The summed E-state index contributed by atoms with van der Waals surface area (Å²) >= 11 is 0. The molecular weight excluding hydrogens is 342 g/mol. The topological polar surface area (TPSA) is 73.2 Å². The molecule has 1 heterocycles. The molecule has 0 saturated carbocycles. The van der Waals surface area contributed by atoms with Gasteiger partial charge in [-0.3, -0.25) is 9.48 Å². The minimum Gasteiger partial charge on any atom is -0.459 e. The highest BCUT2D eigenvalue weighted by atomic mass is 16.5. The monoisotopic (exact) mass is 371 g/mol. The van der Waals surface area contributed by atoms with Gasteiger partial charge in [-0.25, -0.2) is 4.79 Å². The Morgan fingerprint density at radius 1 is 1.15 bits per heavy atom. The van der Waals surface area contributed by atoms with E-state index in [1.54, 1.807) is 11.6 Å². The summed E-state index contributed by atoms with van der Waals surface area (Å²) in [6, 6.07) is 10.2. The first kappa shape index (κ1) is 20.7. The van der Waals surface area contributed by atoms with Crippen molar-refractivity contribution in [2.24, 2.45) is 5.92 Å². The molecular formula is C21H29N3O3. The number of hydrogen-bond donors (Lipinski definition) is 1. The molecule has 0 radical (unpaired) electrons. The van der Waals surface area contributed by atoms with Gasteiger partial charge >= 0.3 is 5.97 Å². The second kappa shape index (κ2) is 9.35. The summed E-state index contributed by atoms with van der Waals surface area (Å²) in [4.78, 5) is 25.3. The van der Waals surface area contributed by atoms with Crippen LogP contribution in [0.1, 0.15) is 50.2 Å². The molecule has 6 heteroatoms. The zero-order valence-corrected chi connectivity index (χ0v) is 16.7. The van der Waals surface area contributed by atoms with Gasteiger partial charge in [0.15, 0.2) is 0 Å². The largest absolute Gasteiger partial charge is 0.459 e. The lowest BCUT2D eigenvalue weighted by molar-refractivity contribution is -0.150. The highest BCUT2D eigenvalue weighted by Gasteiger charge is 2.27. The lowest BCUT2D eigenvalue weighted by Gasteiger charge is -2.22. The van der Waals surface area contributed by atoms with Crippen LogP contribution in [0, 0.1) is 19.8 Å². The Bertz CT molecular complexity index is 768. The molecule has 1 aromatic carbocycles. The quantitative estimate of drug-likeness (QED) is 0.723. The zero-order chi connectivity index (χ0) is 20.0. The van der Waals surface area contributed by atoms with E-state index < -0.39 is 18.1 Å². The molecule has 6 nitrogen and oxygen atoms in total. The van der Waals surface area contributed by atoms with E-state index in [4.69, 9.17) is 4.74 Å². The molecule has 2 aromatic rings. The summed E-state index contributed by atoms with van der Waals surface area (Å²) in [5.74, 6) is -0.423. The number of nitrogens with one attached hydrogen (secondary N) is 1. The maximum atomic E-state index is 12.7. The molecule has 0 spiro atoms. The molecule has 1 aromatic heterocycles. The summed E-state index contributed by atoms with van der Waals surface area (Å²) in [7, 11) is 0. The molecule has 1 amide bonds. The van der Waals surface area contributed by atoms with Gasteiger partial charge in [0.05, 0.1) is 5.69 Å². The van der Waals surface area contributed by atoms with Crippen LogP contribution in [0.5, 0.6) is 0 Å². The molecule has 1 N–H and O–H groups in total. The maximum absolute atomic E-state index is 12.7. The van der Waals surface area contributed by atoms with Crippen LogP contribution in [0.25, 0.3) is 0 Å². The van der Waals surface area contributed by atoms with E-state index in [1.807, 2.05) is 64.1 Å². The number of esters is 1. The van der Waals surface area contributed by atoms with Gasteiger partial charge in [-0.2, -0.15) is 5.10 Å². The Hall–Kier alpha value is -2.63. The van der Waals surface area contributed by atoms with Crippen LogP contribution in [0.2, 0.25) is 0 Å². The van der Waals surface area contributed by atoms with Gasteiger partial charge in [0.1, 0.15) is 18.7 Å². The van der Waals surface area contributed by atoms with Gasteiger partial charge in [-0.1, -0.05) is 44.2 Å². The van der Waals surface area contributed by atoms with E-state index in [9.17, 15) is 9.59 Å². The molecule has 0 bridgehead atoms. The minimum atomic E-state index is -0.680. The van der Waals surface area contributed by atoms with Crippen LogP contribution in [0.3, 0.4) is 0 Å². The molecule has 146 valence electrons. The third kappa shape index (κ3) is 5.94. The smallest absolute Gasteiger partial charge is 0.328 e. The highest BCUT2D eigenvalue weighted by Crippen LogP contribution is 2.13. The van der Waals surface area contributed by atoms with Gasteiger partial charge in [0, 0.05) is 5.69 Å². The van der Waals surface area contributed by atoms with Gasteiger partial charge in [0.2, 0.25) is 5.91 Å². The molecule has 0 aliphatic rings. The van der Waals surface area contributed by atoms with E-state index in [1.165, 1.54) is 0 Å². The number of amides is 1. The second-order valence-electron chi connectivity index (χ2n) is 7.33. The number of aryl methyl sites for hydroxylation is 2. The first-order chi connectivity index (χ1) is 12.8. The van der Waals surface area contributed by atoms with E-state index >= 15 is 0 Å². The fourth-order valence-electron chi connectivity index (χ4n) is 2.96. The number of carbonyl (C=O) groups excluding carboxylic acids is 2. The first-order valence-corrected chi connectivity index (χ1v) is 9.31. The van der Waals surface area contributed by atoms with Crippen LogP contribution in [-0.2, 0) is 20.9 Å². The maximum Gasteiger partial charge on any atom is 0.328 e. The van der Waals surface area contributed by atoms with Crippen LogP contribution >= 0.6 is 0 Å². The normalized spacial score (nSPS) is 13.3. The van der Waals surface area contributed by atoms with Crippen molar-refractivity contribution in [2.75, 3.05) is 0 Å². The fourth-order valence-corrected chi connectivity index (χ4v) is 2.96. The average Bonchev–Trinajstić information content (AvgIpc) is 2.97. The summed E-state index contributed by atoms with van der Waals surface area (Å²) < 4.78 is 7.10. The molecule has 2 atom stereocenters. The lowest BCUT2D eigenvalue weighted by Crippen LogP contribution is -2.45. The number of ether oxygens (including phenoxy) is 1. The fraction of sp³-hybridized carbons (Fsp3) is 0.476. The molecule has 0 fully saturated rings. The Labute approximate surface area is 160 Å². The SMILES string of the molecule is Cc1cc(C)n(C(C)C(=O)N[C@@H](CC(C)C)C(=O)OCc2ccccc2)n1. The van der Waals surface area contributed by atoms with E-state index in [0.29, 0.717) is 6.42 Å². The molecule has 0 aliphatic carbocycles. The first-order valence-electron chi connectivity index (χ1n) is 9.31. The van der Waals surface area contributed by atoms with Crippen LogP contribution in [0.4, 0.5) is 0 Å². The zero-order valence-electron chi connectivity index (χ0n) is 16.7. The van der Waals surface area contributed by atoms with Crippen LogP contribution < -0.4 is 5.32 Å². The molecule has 27 heavy (non-hydrogen) atoms. The number of hydrogen-bond acceptors (Lipinski definition) is 4. The van der Waals surface area contributed by atoms with Gasteiger partial charge < -0.3 is 10.1 Å². The number of aromatic nitrogens is 2. The Balaban J connectivity index is 2.03. The predicted octanol–water partition coefficient (Wildman–Crippen LogP) is 3.34. The lowest BCUT2D eigenvalue weighted by atomic mass is 10.0. The van der Waals surface area contributed by atoms with E-state index in [-0.39, 0.29) is 18.4 Å². The summed E-state index contributed by atoms with van der Waals surface area (Å²) in [6.45, 7) is 9.77. The third-order valence-electron chi connectivity index (χ3n) is 4.32. The molecule has 0 saturated heterocycles. The van der Waals surface area contributed by atoms with Crippen molar-refractivity contribution < 1.29 is 14.3 Å². The Morgan fingerprint density at radius 3 is 2.37 bits per heavy atom. The number of benzene rings is 1. The van der Waals surface area contributed by atoms with Gasteiger partial charge in [0.25, 0.3) is 0 Å². The summed E-state index contributed by atoms with van der Waals surface area (Å²) in [5.41, 5.74) is 2.67. The number of carbonyl (C=O) groups is 2. The highest BCUT2D eigenvalue weighted by molar-refractivity contribution is 5.86. The summed E-state index contributed by atoms with van der Waals surface area (Å²) in [5, 5.41) is 7.20. The standard InChI is InChI=1S/C21H29N3O3/c1-14(2)11-19(21(26)27-13-18-9-7-6-8-10-18)22-20(25)17(5)24-16(4)12-15(3)23-24/h6-10,12,14,17,19H,11,13H2,1-5H3,(H,22,25)/t17?,19-/m0/s1. The average molecular weight is 371 g/mol. The Kier molecular flexibility index (Phi) is 7.16. The van der Waals surface area contributed by atoms with Gasteiger partial charge in [-0.05, 0) is 44.7 Å². The van der Waals surface area contributed by atoms with Gasteiger partial charge in [-0.15, -0.1) is 0 Å². The van der Waals surface area contributed by atoms with Crippen molar-refractivity contribution in [2.45, 2.75) is 59.7 Å². The van der Waals surface area contributed by atoms with E-state index in [2.05, 4.69) is 10.4 Å².